The van der Waals surface area contributed by atoms with Crippen LogP contribution in [-0.4, -0.2) is 31.1 Å². The molecule has 0 aromatic carbocycles. The number of nitrogens with two attached hydrogens (primary N) is 1. The van der Waals surface area contributed by atoms with Gasteiger partial charge in [0.2, 0.25) is 0 Å². The van der Waals surface area contributed by atoms with Crippen molar-refractivity contribution in [2.75, 3.05) is 26.2 Å². The Morgan fingerprint density at radius 2 is 1.60 bits per heavy atom. The summed E-state index contributed by atoms with van der Waals surface area (Å²) in [5.41, 5.74) is 5.61. The molecule has 0 aromatic rings. The lowest BCUT2D eigenvalue weighted by atomic mass is 9.93. The minimum Gasteiger partial charge on any atom is -0.330 e. The summed E-state index contributed by atoms with van der Waals surface area (Å²) in [6.45, 7) is 4.94. The Kier molecular flexibility index (Phi) is 4.45. The predicted octanol–water partition coefficient (Wildman–Crippen LogP) is 2.24. The Morgan fingerprint density at radius 3 is 2.20 bits per heavy atom. The smallest absolute Gasteiger partial charge is 0.000966 e. The summed E-state index contributed by atoms with van der Waals surface area (Å²) >= 11 is 0. The van der Waals surface area contributed by atoms with E-state index in [0.717, 1.165) is 18.4 Å². The first kappa shape index (κ1) is 11.4. The van der Waals surface area contributed by atoms with Crippen LogP contribution in [0.2, 0.25) is 0 Å². The maximum atomic E-state index is 5.61. The van der Waals surface area contributed by atoms with Gasteiger partial charge < -0.3 is 10.6 Å². The van der Waals surface area contributed by atoms with Gasteiger partial charge in [0, 0.05) is 6.54 Å². The molecular formula is C13H26N2. The third-order valence-corrected chi connectivity index (χ3v) is 4.27. The van der Waals surface area contributed by atoms with Crippen LogP contribution in [0.5, 0.6) is 0 Å². The van der Waals surface area contributed by atoms with Gasteiger partial charge in [-0.3, -0.25) is 0 Å². The van der Waals surface area contributed by atoms with Crippen molar-refractivity contribution in [2.45, 2.75) is 44.9 Å². The summed E-state index contributed by atoms with van der Waals surface area (Å²) in [4.78, 5) is 2.70. The fraction of sp³-hybridized carbons (Fsp3) is 1.00. The Labute approximate surface area is 94.2 Å². The van der Waals surface area contributed by atoms with Crippen LogP contribution in [-0.2, 0) is 0 Å². The van der Waals surface area contributed by atoms with E-state index >= 15 is 0 Å². The van der Waals surface area contributed by atoms with E-state index in [1.807, 2.05) is 0 Å². The SMILES string of the molecule is NCCC1CCN(CC2CCCC2)CC1. The summed E-state index contributed by atoms with van der Waals surface area (Å²) in [5.74, 6) is 1.95. The second-order valence-corrected chi connectivity index (χ2v) is 5.47. The zero-order valence-electron chi connectivity index (χ0n) is 9.96. The second kappa shape index (κ2) is 5.86. The predicted molar refractivity (Wildman–Crippen MR) is 64.8 cm³/mol. The lowest BCUT2D eigenvalue weighted by Gasteiger charge is -2.33. The number of likely N-dealkylation sites (tertiary alicyclic amines) is 1. The van der Waals surface area contributed by atoms with Crippen LogP contribution in [0.25, 0.3) is 0 Å². The van der Waals surface area contributed by atoms with Crippen LogP contribution in [0.4, 0.5) is 0 Å². The first-order valence-electron chi connectivity index (χ1n) is 6.81. The van der Waals surface area contributed by atoms with Crippen molar-refractivity contribution >= 4 is 0 Å². The quantitative estimate of drug-likeness (QED) is 0.771. The fourth-order valence-corrected chi connectivity index (χ4v) is 3.25. The third-order valence-electron chi connectivity index (χ3n) is 4.27. The summed E-state index contributed by atoms with van der Waals surface area (Å²) in [7, 11) is 0. The van der Waals surface area contributed by atoms with Crippen LogP contribution in [0.3, 0.4) is 0 Å². The number of piperidine rings is 1. The van der Waals surface area contributed by atoms with Crippen molar-refractivity contribution in [3.8, 4) is 0 Å². The van der Waals surface area contributed by atoms with Crippen LogP contribution >= 0.6 is 0 Å². The Hall–Kier alpha value is -0.0800. The van der Waals surface area contributed by atoms with Crippen molar-refractivity contribution in [1.29, 1.82) is 0 Å². The van der Waals surface area contributed by atoms with Crippen molar-refractivity contribution in [3.05, 3.63) is 0 Å². The highest BCUT2D eigenvalue weighted by molar-refractivity contribution is 4.77. The average molecular weight is 210 g/mol. The van der Waals surface area contributed by atoms with Crippen molar-refractivity contribution in [3.63, 3.8) is 0 Å². The topological polar surface area (TPSA) is 29.3 Å². The highest BCUT2D eigenvalue weighted by Crippen LogP contribution is 2.27. The first-order chi connectivity index (χ1) is 7.38. The highest BCUT2D eigenvalue weighted by atomic mass is 15.1. The third kappa shape index (κ3) is 3.46. The molecule has 0 bridgehead atoms. The van der Waals surface area contributed by atoms with Crippen LogP contribution < -0.4 is 5.73 Å². The van der Waals surface area contributed by atoms with Gasteiger partial charge >= 0.3 is 0 Å². The molecule has 0 amide bonds. The molecule has 2 aliphatic rings. The minimum absolute atomic E-state index is 0.882. The van der Waals surface area contributed by atoms with Crippen molar-refractivity contribution in [1.82, 2.24) is 4.90 Å². The molecule has 1 saturated heterocycles. The van der Waals surface area contributed by atoms with Crippen molar-refractivity contribution < 1.29 is 0 Å². The fourth-order valence-electron chi connectivity index (χ4n) is 3.25. The molecule has 88 valence electrons. The van der Waals surface area contributed by atoms with Gasteiger partial charge in [0.15, 0.2) is 0 Å². The largest absolute Gasteiger partial charge is 0.330 e. The van der Waals surface area contributed by atoms with E-state index in [1.54, 1.807) is 0 Å². The molecule has 2 rings (SSSR count). The van der Waals surface area contributed by atoms with Gasteiger partial charge in [0.25, 0.3) is 0 Å². The zero-order valence-corrected chi connectivity index (χ0v) is 9.96. The molecule has 0 unspecified atom stereocenters. The molecule has 15 heavy (non-hydrogen) atoms. The standard InChI is InChI=1S/C13H26N2/c14-8-5-12-6-9-15(10-7-12)11-13-3-1-2-4-13/h12-13H,1-11,14H2. The van der Waals surface area contributed by atoms with E-state index in [4.69, 9.17) is 5.73 Å². The molecule has 1 heterocycles. The molecule has 2 nitrogen and oxygen atoms in total. The first-order valence-corrected chi connectivity index (χ1v) is 6.81. The summed E-state index contributed by atoms with van der Waals surface area (Å²) in [6, 6.07) is 0. The normalized spacial score (nSPS) is 26.2. The van der Waals surface area contributed by atoms with Gasteiger partial charge in [-0.2, -0.15) is 0 Å². The maximum Gasteiger partial charge on any atom is 0.000966 e. The summed E-state index contributed by atoms with van der Waals surface area (Å²) in [6.07, 6.45) is 9.97. The number of nitrogens with zero attached hydrogens (tertiary/aromatic N) is 1. The molecule has 0 atom stereocenters. The Morgan fingerprint density at radius 1 is 0.933 bits per heavy atom. The highest BCUT2D eigenvalue weighted by Gasteiger charge is 2.22. The van der Waals surface area contributed by atoms with Gasteiger partial charge in [-0.1, -0.05) is 12.8 Å². The molecule has 1 aliphatic carbocycles. The Bertz CT molecular complexity index is 167. The van der Waals surface area contributed by atoms with Crippen LogP contribution in [0.15, 0.2) is 0 Å². The van der Waals surface area contributed by atoms with Crippen LogP contribution in [0.1, 0.15) is 44.9 Å². The maximum absolute atomic E-state index is 5.61. The molecule has 2 heteroatoms. The van der Waals surface area contributed by atoms with Crippen molar-refractivity contribution in [2.24, 2.45) is 17.6 Å². The average Bonchev–Trinajstić information content (AvgIpc) is 2.74. The van der Waals surface area contributed by atoms with Gasteiger partial charge in [-0.25, -0.2) is 0 Å². The Balaban J connectivity index is 1.64. The molecule has 0 radical (unpaired) electrons. The van der Waals surface area contributed by atoms with E-state index < -0.39 is 0 Å². The van der Waals surface area contributed by atoms with E-state index in [2.05, 4.69) is 4.90 Å². The second-order valence-electron chi connectivity index (χ2n) is 5.47. The molecule has 1 aliphatic heterocycles. The molecule has 0 spiro atoms. The number of hydrogen-bond donors (Lipinski definition) is 1. The summed E-state index contributed by atoms with van der Waals surface area (Å²) in [5, 5.41) is 0. The lowest BCUT2D eigenvalue weighted by molar-refractivity contribution is 0.158. The van der Waals surface area contributed by atoms with Gasteiger partial charge in [0.1, 0.15) is 0 Å². The van der Waals surface area contributed by atoms with Gasteiger partial charge in [-0.15, -0.1) is 0 Å². The monoisotopic (exact) mass is 210 g/mol. The van der Waals surface area contributed by atoms with Crippen LogP contribution in [0, 0.1) is 11.8 Å². The molecule has 2 N–H and O–H groups in total. The lowest BCUT2D eigenvalue weighted by Crippen LogP contribution is -2.37. The van der Waals surface area contributed by atoms with E-state index in [1.165, 1.54) is 64.6 Å². The molecule has 2 fully saturated rings. The molecule has 0 aromatic heterocycles. The van der Waals surface area contributed by atoms with E-state index in [0.29, 0.717) is 0 Å². The van der Waals surface area contributed by atoms with Gasteiger partial charge in [0.05, 0.1) is 0 Å². The zero-order chi connectivity index (χ0) is 10.5. The minimum atomic E-state index is 0.882. The molecular weight excluding hydrogens is 184 g/mol. The number of rotatable bonds is 4. The van der Waals surface area contributed by atoms with E-state index in [9.17, 15) is 0 Å². The van der Waals surface area contributed by atoms with Gasteiger partial charge in [-0.05, 0) is 63.6 Å². The van der Waals surface area contributed by atoms with E-state index in [-0.39, 0.29) is 0 Å². The summed E-state index contributed by atoms with van der Waals surface area (Å²) < 4.78 is 0. The number of hydrogen-bond acceptors (Lipinski definition) is 2. The molecule has 1 saturated carbocycles.